The highest BCUT2D eigenvalue weighted by Gasteiger charge is 2.35. The molecule has 0 spiro atoms. The molecule has 8 nitrogen and oxygen atoms in total. The molecular formula is C38H38Cl3F3N4O4. The topological polar surface area (TPSA) is 101 Å². The van der Waals surface area contributed by atoms with E-state index >= 15 is 0 Å². The van der Waals surface area contributed by atoms with Crippen LogP contribution in [-0.2, 0) is 32.1 Å². The van der Waals surface area contributed by atoms with Gasteiger partial charge in [0, 0.05) is 45.6 Å². The number of carbonyl (C=O) groups excluding carboxylic acids is 2. The Hall–Kier alpha value is -4.00. The van der Waals surface area contributed by atoms with Crippen LogP contribution in [0.1, 0.15) is 69.3 Å². The fraction of sp³-hybridized carbons (Fsp3) is 0.316. The first kappa shape index (κ1) is 39.2. The van der Waals surface area contributed by atoms with Crippen LogP contribution in [0.15, 0.2) is 60.7 Å². The van der Waals surface area contributed by atoms with E-state index in [1.165, 1.54) is 6.07 Å². The summed E-state index contributed by atoms with van der Waals surface area (Å²) in [5.74, 6) is -0.623. The van der Waals surface area contributed by atoms with Gasteiger partial charge in [-0.1, -0.05) is 34.8 Å². The van der Waals surface area contributed by atoms with Crippen molar-refractivity contribution in [1.82, 2.24) is 10.6 Å². The summed E-state index contributed by atoms with van der Waals surface area (Å²) in [5, 5.41) is 13.7. The third-order valence-corrected chi connectivity index (χ3v) is 9.20. The maximum atomic E-state index is 13.2. The monoisotopic (exact) mass is 776 g/mol. The van der Waals surface area contributed by atoms with Crippen molar-refractivity contribution in [3.8, 4) is 11.5 Å². The molecule has 0 aromatic heterocycles. The maximum Gasteiger partial charge on any atom is 0.419 e. The van der Waals surface area contributed by atoms with Gasteiger partial charge in [-0.25, -0.2) is 0 Å². The number of anilines is 2. The van der Waals surface area contributed by atoms with Gasteiger partial charge in [-0.05, 0) is 130 Å². The normalized spacial score (nSPS) is 13.7. The largest absolute Gasteiger partial charge is 0.493 e. The maximum absolute atomic E-state index is 13.2. The fourth-order valence-electron chi connectivity index (χ4n) is 5.85. The molecule has 2 amide bonds. The van der Waals surface area contributed by atoms with E-state index in [1.807, 2.05) is 19.9 Å². The summed E-state index contributed by atoms with van der Waals surface area (Å²) in [6.45, 7) is 8.65. The lowest BCUT2D eigenvalue weighted by Gasteiger charge is -2.20. The summed E-state index contributed by atoms with van der Waals surface area (Å²) in [6.07, 6.45) is -2.92. The SMILES string of the molecule is CC(C)Oc1ccc(C(=O)Nc2cc(Cl)c3c(c2)CNCC3)cc1Cl.CCOc1ccc(C(=O)Nc2cc(Cl)c3c(c2)CNCC3)cc1C(F)(F)F. The van der Waals surface area contributed by atoms with Crippen LogP contribution in [0.2, 0.25) is 15.1 Å². The van der Waals surface area contributed by atoms with Crippen molar-refractivity contribution in [2.75, 3.05) is 30.3 Å². The molecule has 0 unspecified atom stereocenters. The van der Waals surface area contributed by atoms with Crippen LogP contribution in [0.5, 0.6) is 11.5 Å². The van der Waals surface area contributed by atoms with Crippen molar-refractivity contribution in [1.29, 1.82) is 0 Å². The number of amides is 2. The molecule has 0 aliphatic carbocycles. The average Bonchev–Trinajstić information content (AvgIpc) is 3.09. The highest BCUT2D eigenvalue weighted by molar-refractivity contribution is 6.33. The Balaban J connectivity index is 0.000000202. The highest BCUT2D eigenvalue weighted by atomic mass is 35.5. The average molecular weight is 778 g/mol. The third kappa shape index (κ3) is 9.90. The lowest BCUT2D eigenvalue weighted by atomic mass is 10.00. The first-order valence-electron chi connectivity index (χ1n) is 16.7. The van der Waals surface area contributed by atoms with Gasteiger partial charge in [0.1, 0.15) is 11.5 Å². The van der Waals surface area contributed by atoms with Crippen LogP contribution in [0.25, 0.3) is 0 Å². The Bertz CT molecular complexity index is 1960. The third-order valence-electron chi connectivity index (χ3n) is 8.23. The summed E-state index contributed by atoms with van der Waals surface area (Å²) in [6, 6.07) is 15.4. The first-order chi connectivity index (χ1) is 24.7. The van der Waals surface area contributed by atoms with E-state index in [4.69, 9.17) is 44.3 Å². The van der Waals surface area contributed by atoms with Crippen LogP contribution >= 0.6 is 34.8 Å². The number of hydrogen-bond acceptors (Lipinski definition) is 6. The Morgan fingerprint density at radius 2 is 1.25 bits per heavy atom. The van der Waals surface area contributed by atoms with Gasteiger partial charge in [0.15, 0.2) is 0 Å². The molecule has 4 aromatic carbocycles. The second-order valence-electron chi connectivity index (χ2n) is 12.4. The van der Waals surface area contributed by atoms with E-state index in [9.17, 15) is 22.8 Å². The minimum atomic E-state index is -4.62. The van der Waals surface area contributed by atoms with Gasteiger partial charge in [-0.3, -0.25) is 9.59 Å². The van der Waals surface area contributed by atoms with Gasteiger partial charge in [0.2, 0.25) is 0 Å². The molecule has 2 aliphatic heterocycles. The molecular weight excluding hydrogens is 740 g/mol. The second-order valence-corrected chi connectivity index (χ2v) is 13.6. The van der Waals surface area contributed by atoms with Gasteiger partial charge in [-0.2, -0.15) is 13.2 Å². The Kier molecular flexibility index (Phi) is 13.0. The van der Waals surface area contributed by atoms with Gasteiger partial charge in [-0.15, -0.1) is 0 Å². The standard InChI is InChI=1S/C19H20Cl2N2O2.C19H18ClF3N2O2/c1-11(2)25-18-4-3-12(8-17(18)21)19(24)23-14-7-13-10-22-6-5-15(13)16(20)9-14;1-2-27-17-4-3-11(8-15(17)19(21,22)23)18(26)25-13-7-12-10-24-6-5-14(12)16(20)9-13/h3-4,7-9,11,22H,5-6,10H2,1-2H3,(H,23,24);3-4,7-9,24H,2,5-6,10H2,1H3,(H,25,26). The molecule has 2 aliphatic rings. The first-order valence-corrected chi connectivity index (χ1v) is 17.8. The Morgan fingerprint density at radius 1 is 0.750 bits per heavy atom. The summed E-state index contributed by atoms with van der Waals surface area (Å²) in [5.41, 5.74) is 4.74. The molecule has 2 heterocycles. The minimum Gasteiger partial charge on any atom is -0.493 e. The predicted octanol–water partition coefficient (Wildman–Crippen LogP) is 9.33. The minimum absolute atomic E-state index is 0.0171. The van der Waals surface area contributed by atoms with E-state index in [1.54, 1.807) is 43.3 Å². The van der Waals surface area contributed by atoms with E-state index in [0.717, 1.165) is 66.9 Å². The predicted molar refractivity (Wildman–Crippen MR) is 199 cm³/mol. The second kappa shape index (κ2) is 17.2. The number of fused-ring (bicyclic) bond motifs is 2. The Labute approximate surface area is 315 Å². The van der Waals surface area contributed by atoms with Crippen molar-refractivity contribution in [2.24, 2.45) is 0 Å². The number of ether oxygens (including phenoxy) is 2. The molecule has 0 saturated carbocycles. The molecule has 4 N–H and O–H groups in total. The lowest BCUT2D eigenvalue weighted by Crippen LogP contribution is -2.24. The van der Waals surface area contributed by atoms with Crippen LogP contribution in [0.4, 0.5) is 24.5 Å². The molecule has 4 aromatic rings. The molecule has 0 saturated heterocycles. The van der Waals surface area contributed by atoms with Crippen LogP contribution in [-0.4, -0.2) is 37.6 Å². The molecule has 0 bridgehead atoms. The van der Waals surface area contributed by atoms with Gasteiger partial charge in [0.05, 0.1) is 23.3 Å². The van der Waals surface area contributed by atoms with Crippen LogP contribution in [0, 0.1) is 0 Å². The molecule has 0 fully saturated rings. The molecule has 276 valence electrons. The molecule has 0 radical (unpaired) electrons. The number of alkyl halides is 3. The lowest BCUT2D eigenvalue weighted by molar-refractivity contribution is -0.138. The van der Waals surface area contributed by atoms with Crippen molar-refractivity contribution in [3.05, 3.63) is 115 Å². The zero-order valence-corrected chi connectivity index (χ0v) is 31.0. The smallest absolute Gasteiger partial charge is 0.419 e. The molecule has 0 atom stereocenters. The summed E-state index contributed by atoms with van der Waals surface area (Å²) in [4.78, 5) is 25.0. The molecule has 6 rings (SSSR count). The summed E-state index contributed by atoms with van der Waals surface area (Å²) >= 11 is 18.8. The zero-order chi connectivity index (χ0) is 37.6. The van der Waals surface area contributed by atoms with Crippen molar-refractivity contribution < 1.29 is 32.2 Å². The van der Waals surface area contributed by atoms with Gasteiger partial charge < -0.3 is 30.7 Å². The van der Waals surface area contributed by atoms with Crippen molar-refractivity contribution >= 4 is 58.0 Å². The van der Waals surface area contributed by atoms with E-state index in [-0.39, 0.29) is 29.9 Å². The number of carbonyl (C=O) groups is 2. The van der Waals surface area contributed by atoms with Crippen LogP contribution < -0.4 is 30.7 Å². The van der Waals surface area contributed by atoms with E-state index in [0.29, 0.717) is 44.3 Å². The van der Waals surface area contributed by atoms with E-state index < -0.39 is 17.6 Å². The molecule has 52 heavy (non-hydrogen) atoms. The fourth-order valence-corrected chi connectivity index (χ4v) is 6.74. The number of halogens is 6. The summed E-state index contributed by atoms with van der Waals surface area (Å²) in [7, 11) is 0. The number of hydrogen-bond donors (Lipinski definition) is 4. The van der Waals surface area contributed by atoms with E-state index in [2.05, 4.69) is 21.3 Å². The van der Waals surface area contributed by atoms with Crippen molar-refractivity contribution in [2.45, 2.75) is 59.0 Å². The zero-order valence-electron chi connectivity index (χ0n) is 28.7. The highest BCUT2D eigenvalue weighted by Crippen LogP contribution is 2.37. The van der Waals surface area contributed by atoms with Gasteiger partial charge in [0.25, 0.3) is 11.8 Å². The van der Waals surface area contributed by atoms with Crippen LogP contribution in [0.3, 0.4) is 0 Å². The van der Waals surface area contributed by atoms with Gasteiger partial charge >= 0.3 is 6.18 Å². The number of rotatable bonds is 8. The number of nitrogens with one attached hydrogen (secondary N) is 4. The molecule has 14 heteroatoms. The summed E-state index contributed by atoms with van der Waals surface area (Å²) < 4.78 is 50.3. The Morgan fingerprint density at radius 3 is 1.71 bits per heavy atom. The quantitative estimate of drug-likeness (QED) is 0.142. The van der Waals surface area contributed by atoms with Crippen molar-refractivity contribution in [3.63, 3.8) is 0 Å². The number of benzene rings is 4.